The van der Waals surface area contributed by atoms with E-state index in [1.807, 2.05) is 30.3 Å². The summed E-state index contributed by atoms with van der Waals surface area (Å²) in [6.07, 6.45) is 5.30. The van der Waals surface area contributed by atoms with Crippen molar-refractivity contribution in [1.29, 1.82) is 0 Å². The molecular formula is C23H26N4O2. The van der Waals surface area contributed by atoms with Crippen LogP contribution in [0.25, 0.3) is 28.5 Å². The second kappa shape index (κ2) is 8.59. The predicted molar refractivity (Wildman–Crippen MR) is 115 cm³/mol. The fraction of sp³-hybridized carbons (Fsp3) is 0.304. The molecule has 1 atom stereocenters. The molecule has 0 radical (unpaired) electrons. The summed E-state index contributed by atoms with van der Waals surface area (Å²) < 4.78 is 2.39. The molecule has 150 valence electrons. The van der Waals surface area contributed by atoms with Gasteiger partial charge in [0.1, 0.15) is 5.82 Å². The van der Waals surface area contributed by atoms with E-state index in [-0.39, 0.29) is 0 Å². The Hall–Kier alpha value is -2.96. The Labute approximate surface area is 170 Å². The van der Waals surface area contributed by atoms with Crippen molar-refractivity contribution < 1.29 is 10.0 Å². The number of piperidine rings is 1. The van der Waals surface area contributed by atoms with Gasteiger partial charge in [-0.1, -0.05) is 43.3 Å². The summed E-state index contributed by atoms with van der Waals surface area (Å²) in [4.78, 5) is 18.8. The van der Waals surface area contributed by atoms with Crippen LogP contribution in [-0.2, 0) is 4.79 Å². The zero-order valence-corrected chi connectivity index (χ0v) is 16.6. The number of aromatic nitrogens is 2. The third kappa shape index (κ3) is 4.09. The number of nitrogens with one attached hydrogen (secondary N) is 1. The van der Waals surface area contributed by atoms with Gasteiger partial charge in [0.2, 0.25) is 0 Å². The number of rotatable bonds is 5. The summed E-state index contributed by atoms with van der Waals surface area (Å²) in [5.41, 5.74) is 5.59. The van der Waals surface area contributed by atoms with Gasteiger partial charge < -0.3 is 9.47 Å². The molecule has 1 saturated heterocycles. The second-order valence-electron chi connectivity index (χ2n) is 7.42. The zero-order valence-electron chi connectivity index (χ0n) is 16.6. The molecular weight excluding hydrogens is 364 g/mol. The third-order valence-electron chi connectivity index (χ3n) is 5.58. The van der Waals surface area contributed by atoms with Gasteiger partial charge in [-0.3, -0.25) is 10.0 Å². The van der Waals surface area contributed by atoms with Gasteiger partial charge in [-0.05, 0) is 49.7 Å². The Morgan fingerprint density at radius 2 is 2.10 bits per heavy atom. The van der Waals surface area contributed by atoms with E-state index in [1.54, 1.807) is 11.6 Å². The molecule has 1 unspecified atom stereocenters. The van der Waals surface area contributed by atoms with E-state index in [1.165, 1.54) is 12.5 Å². The Bertz CT molecular complexity index is 1030. The lowest BCUT2D eigenvalue weighted by Gasteiger charge is -2.33. The van der Waals surface area contributed by atoms with E-state index in [0.717, 1.165) is 54.0 Å². The van der Waals surface area contributed by atoms with Gasteiger partial charge in [-0.25, -0.2) is 10.5 Å². The lowest BCUT2D eigenvalue weighted by Crippen LogP contribution is -2.36. The molecule has 0 bridgehead atoms. The van der Waals surface area contributed by atoms with Crippen molar-refractivity contribution in [3.05, 3.63) is 60.2 Å². The summed E-state index contributed by atoms with van der Waals surface area (Å²) in [6.45, 7) is 5.46. The standard InChI is InChI=1S/C23H26N4O2/c1-2-26-14-6-9-19(16-26)27-21-12-10-17(11-13-22(28)25-29)15-20(21)24-23(27)18-7-4-3-5-8-18/h3-5,7-8,10-13,15,19,29H,2,6,9,14,16H2,1H3,(H,25,28). The molecule has 2 aromatic carbocycles. The van der Waals surface area contributed by atoms with Crippen LogP contribution in [0.15, 0.2) is 54.6 Å². The number of likely N-dealkylation sites (tertiary alicyclic amines) is 1. The molecule has 6 heteroatoms. The molecule has 1 amide bonds. The molecule has 29 heavy (non-hydrogen) atoms. The average Bonchev–Trinajstić information content (AvgIpc) is 3.16. The molecule has 6 nitrogen and oxygen atoms in total. The summed E-state index contributed by atoms with van der Waals surface area (Å²) in [5.74, 6) is 0.431. The SMILES string of the molecule is CCN1CCCC(n2c(-c3ccccc3)nc3cc(C=CC(=O)NO)ccc32)C1. The number of fused-ring (bicyclic) bond motifs is 1. The van der Waals surface area contributed by atoms with Crippen LogP contribution in [0.4, 0.5) is 0 Å². The fourth-order valence-corrected chi connectivity index (χ4v) is 4.12. The molecule has 0 aliphatic carbocycles. The summed E-state index contributed by atoms with van der Waals surface area (Å²) in [7, 11) is 0. The van der Waals surface area contributed by atoms with Gasteiger partial charge in [0.25, 0.3) is 5.91 Å². The maximum absolute atomic E-state index is 11.3. The Morgan fingerprint density at radius 3 is 2.86 bits per heavy atom. The maximum Gasteiger partial charge on any atom is 0.267 e. The molecule has 1 fully saturated rings. The van der Waals surface area contributed by atoms with Crippen molar-refractivity contribution in [2.24, 2.45) is 0 Å². The van der Waals surface area contributed by atoms with E-state index in [0.29, 0.717) is 6.04 Å². The molecule has 0 spiro atoms. The number of hydrogen-bond acceptors (Lipinski definition) is 4. The van der Waals surface area contributed by atoms with Crippen LogP contribution in [0, 0.1) is 0 Å². The number of hydroxylamine groups is 1. The van der Waals surface area contributed by atoms with E-state index in [9.17, 15) is 4.79 Å². The first-order valence-corrected chi connectivity index (χ1v) is 10.1. The summed E-state index contributed by atoms with van der Waals surface area (Å²) in [5, 5.41) is 8.67. The van der Waals surface area contributed by atoms with Gasteiger partial charge in [0, 0.05) is 24.2 Å². The average molecular weight is 390 g/mol. The van der Waals surface area contributed by atoms with E-state index >= 15 is 0 Å². The Morgan fingerprint density at radius 1 is 1.28 bits per heavy atom. The van der Waals surface area contributed by atoms with Crippen molar-refractivity contribution in [3.8, 4) is 11.4 Å². The highest BCUT2D eigenvalue weighted by molar-refractivity contribution is 5.92. The Kier molecular flexibility index (Phi) is 5.74. The van der Waals surface area contributed by atoms with Crippen LogP contribution >= 0.6 is 0 Å². The van der Waals surface area contributed by atoms with Crippen molar-refractivity contribution in [1.82, 2.24) is 19.9 Å². The minimum atomic E-state index is -0.553. The lowest BCUT2D eigenvalue weighted by molar-refractivity contribution is -0.124. The van der Waals surface area contributed by atoms with Crippen LogP contribution in [0.1, 0.15) is 31.4 Å². The van der Waals surface area contributed by atoms with Crippen molar-refractivity contribution >= 4 is 23.0 Å². The highest BCUT2D eigenvalue weighted by Gasteiger charge is 2.25. The minimum absolute atomic E-state index is 0.380. The van der Waals surface area contributed by atoms with Crippen LogP contribution < -0.4 is 5.48 Å². The Balaban J connectivity index is 1.80. The molecule has 1 aliphatic heterocycles. The molecule has 3 aromatic rings. The minimum Gasteiger partial charge on any atom is -0.320 e. The lowest BCUT2D eigenvalue weighted by atomic mass is 10.0. The maximum atomic E-state index is 11.3. The van der Waals surface area contributed by atoms with Crippen LogP contribution in [0.3, 0.4) is 0 Å². The van der Waals surface area contributed by atoms with Crippen LogP contribution in [0.2, 0.25) is 0 Å². The summed E-state index contributed by atoms with van der Waals surface area (Å²) >= 11 is 0. The van der Waals surface area contributed by atoms with E-state index in [4.69, 9.17) is 10.2 Å². The number of carbonyl (C=O) groups is 1. The van der Waals surface area contributed by atoms with Gasteiger partial charge in [0.15, 0.2) is 0 Å². The number of carbonyl (C=O) groups excluding carboxylic acids is 1. The first kappa shape index (κ1) is 19.4. The van der Waals surface area contributed by atoms with Crippen molar-refractivity contribution in [2.45, 2.75) is 25.8 Å². The molecule has 4 rings (SSSR count). The van der Waals surface area contributed by atoms with Gasteiger partial charge in [-0.2, -0.15) is 0 Å². The monoisotopic (exact) mass is 390 g/mol. The van der Waals surface area contributed by atoms with E-state index in [2.05, 4.69) is 34.6 Å². The summed E-state index contributed by atoms with van der Waals surface area (Å²) in [6, 6.07) is 16.7. The number of likely N-dealkylation sites (N-methyl/N-ethyl adjacent to an activating group) is 1. The predicted octanol–water partition coefficient (Wildman–Crippen LogP) is 3.88. The first-order valence-electron chi connectivity index (χ1n) is 10.1. The topological polar surface area (TPSA) is 70.4 Å². The first-order chi connectivity index (χ1) is 14.2. The number of amides is 1. The molecule has 1 aliphatic rings. The van der Waals surface area contributed by atoms with Crippen LogP contribution in [0.5, 0.6) is 0 Å². The number of benzene rings is 2. The van der Waals surface area contributed by atoms with Gasteiger partial charge in [0.05, 0.1) is 11.0 Å². The molecule has 2 heterocycles. The van der Waals surface area contributed by atoms with Gasteiger partial charge >= 0.3 is 0 Å². The number of imidazole rings is 1. The smallest absolute Gasteiger partial charge is 0.267 e. The highest BCUT2D eigenvalue weighted by Crippen LogP contribution is 2.33. The molecule has 1 aromatic heterocycles. The third-order valence-corrected chi connectivity index (χ3v) is 5.58. The molecule has 0 saturated carbocycles. The fourth-order valence-electron chi connectivity index (χ4n) is 4.12. The largest absolute Gasteiger partial charge is 0.320 e. The normalized spacial score (nSPS) is 17.8. The quantitative estimate of drug-likeness (QED) is 0.394. The van der Waals surface area contributed by atoms with Crippen molar-refractivity contribution in [2.75, 3.05) is 19.6 Å². The molecule has 2 N–H and O–H groups in total. The highest BCUT2D eigenvalue weighted by atomic mass is 16.5. The van der Waals surface area contributed by atoms with Gasteiger partial charge in [-0.15, -0.1) is 0 Å². The zero-order chi connectivity index (χ0) is 20.2. The number of nitrogens with zero attached hydrogens (tertiary/aromatic N) is 3. The van der Waals surface area contributed by atoms with Crippen LogP contribution in [-0.4, -0.2) is 45.2 Å². The second-order valence-corrected chi connectivity index (χ2v) is 7.42. The number of hydrogen-bond donors (Lipinski definition) is 2. The van der Waals surface area contributed by atoms with E-state index < -0.39 is 5.91 Å². The van der Waals surface area contributed by atoms with Crippen molar-refractivity contribution in [3.63, 3.8) is 0 Å².